The van der Waals surface area contributed by atoms with E-state index >= 15 is 0 Å². The van der Waals surface area contributed by atoms with Crippen molar-refractivity contribution in [2.75, 3.05) is 6.54 Å². The second-order valence-electron chi connectivity index (χ2n) is 9.27. The number of alkyl halides is 6. The summed E-state index contributed by atoms with van der Waals surface area (Å²) in [5.74, 6) is -1.13. The molecule has 0 N–H and O–H groups in total. The molecule has 2 fully saturated rings. The Morgan fingerprint density at radius 1 is 0.943 bits per heavy atom. The molecule has 2 heterocycles. The predicted molar refractivity (Wildman–Crippen MR) is 113 cm³/mol. The van der Waals surface area contributed by atoms with Gasteiger partial charge in [0.05, 0.1) is 23.3 Å². The Hall–Kier alpha value is -2.62. The Balaban J connectivity index is 1.68. The molecule has 2 aromatic rings. The molecule has 2 saturated heterocycles. The molecule has 1 amide bonds. The molecular formula is C25H24F7NO2. The average Bonchev–Trinajstić information content (AvgIpc) is 3.14. The van der Waals surface area contributed by atoms with E-state index < -0.39 is 47.4 Å². The number of hydrogen-bond donors (Lipinski definition) is 0. The first kappa shape index (κ1) is 25.5. The number of piperidine rings is 1. The second-order valence-corrected chi connectivity index (χ2v) is 9.27. The van der Waals surface area contributed by atoms with Gasteiger partial charge in [-0.15, -0.1) is 0 Å². The summed E-state index contributed by atoms with van der Waals surface area (Å²) in [6, 6.07) is 6.81. The number of rotatable bonds is 4. The van der Waals surface area contributed by atoms with Crippen LogP contribution in [0.5, 0.6) is 0 Å². The van der Waals surface area contributed by atoms with Gasteiger partial charge in [0.2, 0.25) is 5.91 Å². The van der Waals surface area contributed by atoms with Gasteiger partial charge in [0.15, 0.2) is 0 Å². The smallest absolute Gasteiger partial charge is 0.368 e. The van der Waals surface area contributed by atoms with E-state index in [1.807, 2.05) is 6.92 Å². The van der Waals surface area contributed by atoms with Crippen LogP contribution in [0.4, 0.5) is 30.7 Å². The molecule has 2 aromatic carbocycles. The number of hydrogen-bond acceptors (Lipinski definition) is 2. The van der Waals surface area contributed by atoms with Crippen molar-refractivity contribution in [2.45, 2.75) is 63.2 Å². The zero-order chi connectivity index (χ0) is 25.7. The molecular weight excluding hydrogens is 479 g/mol. The number of carbonyl (C=O) groups is 1. The molecule has 3 nitrogen and oxygen atoms in total. The summed E-state index contributed by atoms with van der Waals surface area (Å²) in [6.07, 6.45) is -10.5. The van der Waals surface area contributed by atoms with E-state index in [-0.39, 0.29) is 36.0 Å². The van der Waals surface area contributed by atoms with Crippen molar-refractivity contribution < 1.29 is 40.3 Å². The second kappa shape index (κ2) is 9.11. The third-order valence-electron chi connectivity index (χ3n) is 6.91. The molecule has 0 bridgehead atoms. The van der Waals surface area contributed by atoms with Gasteiger partial charge in [0.25, 0.3) is 0 Å². The molecule has 10 heteroatoms. The normalized spacial score (nSPS) is 26.1. The van der Waals surface area contributed by atoms with Crippen LogP contribution in [0.1, 0.15) is 61.0 Å². The molecule has 2 aliphatic rings. The van der Waals surface area contributed by atoms with Crippen LogP contribution in [0.25, 0.3) is 0 Å². The summed E-state index contributed by atoms with van der Waals surface area (Å²) < 4.78 is 99.5. The lowest BCUT2D eigenvalue weighted by molar-refractivity contribution is -0.143. The first-order chi connectivity index (χ1) is 16.3. The van der Waals surface area contributed by atoms with Gasteiger partial charge in [-0.3, -0.25) is 4.79 Å². The summed E-state index contributed by atoms with van der Waals surface area (Å²) in [4.78, 5) is 14.5. The molecule has 35 heavy (non-hydrogen) atoms. The maximum absolute atomic E-state index is 13.5. The molecule has 190 valence electrons. The van der Waals surface area contributed by atoms with Gasteiger partial charge in [0, 0.05) is 24.4 Å². The number of ether oxygens (including phenoxy) is 1. The van der Waals surface area contributed by atoms with Crippen molar-refractivity contribution in [2.24, 2.45) is 5.92 Å². The summed E-state index contributed by atoms with van der Waals surface area (Å²) >= 11 is 0. The fraction of sp³-hybridized carbons (Fsp3) is 0.480. The zero-order valence-corrected chi connectivity index (χ0v) is 19.0. The highest BCUT2D eigenvalue weighted by atomic mass is 19.4. The molecule has 5 atom stereocenters. The Kier molecular flexibility index (Phi) is 6.63. The number of carbonyl (C=O) groups excluding carboxylic acids is 1. The van der Waals surface area contributed by atoms with Crippen molar-refractivity contribution in [1.29, 1.82) is 0 Å². The lowest BCUT2D eigenvalue weighted by Gasteiger charge is -2.35. The van der Waals surface area contributed by atoms with Crippen molar-refractivity contribution >= 4 is 5.91 Å². The van der Waals surface area contributed by atoms with E-state index in [1.54, 1.807) is 17.0 Å². The Morgan fingerprint density at radius 3 is 2.06 bits per heavy atom. The first-order valence-corrected chi connectivity index (χ1v) is 11.3. The van der Waals surface area contributed by atoms with Crippen LogP contribution < -0.4 is 0 Å². The van der Waals surface area contributed by atoms with Gasteiger partial charge in [-0.25, -0.2) is 4.39 Å². The lowest BCUT2D eigenvalue weighted by Crippen LogP contribution is -2.44. The van der Waals surface area contributed by atoms with E-state index in [2.05, 4.69) is 0 Å². The van der Waals surface area contributed by atoms with Gasteiger partial charge >= 0.3 is 12.4 Å². The van der Waals surface area contributed by atoms with Crippen LogP contribution in [0.15, 0.2) is 42.5 Å². The maximum atomic E-state index is 13.5. The third-order valence-corrected chi connectivity index (χ3v) is 6.91. The predicted octanol–water partition coefficient (Wildman–Crippen LogP) is 6.73. The maximum Gasteiger partial charge on any atom is 0.416 e. The van der Waals surface area contributed by atoms with Crippen LogP contribution >= 0.6 is 0 Å². The average molecular weight is 503 g/mol. The Morgan fingerprint density at radius 2 is 1.51 bits per heavy atom. The Labute approximate surface area is 197 Å². The molecule has 0 aromatic heterocycles. The highest BCUT2D eigenvalue weighted by molar-refractivity contribution is 5.80. The van der Waals surface area contributed by atoms with Gasteiger partial charge in [-0.05, 0) is 61.2 Å². The number of nitrogens with zero attached hydrogens (tertiary/aromatic N) is 1. The number of fused-ring (bicyclic) bond motifs is 1. The fourth-order valence-electron chi connectivity index (χ4n) is 5.10. The zero-order valence-electron chi connectivity index (χ0n) is 19.0. The number of amides is 1. The lowest BCUT2D eigenvalue weighted by atomic mass is 9.83. The number of benzene rings is 2. The van der Waals surface area contributed by atoms with E-state index in [0.717, 1.165) is 0 Å². The van der Waals surface area contributed by atoms with E-state index in [4.69, 9.17) is 4.74 Å². The van der Waals surface area contributed by atoms with Crippen LogP contribution in [-0.4, -0.2) is 29.5 Å². The largest absolute Gasteiger partial charge is 0.416 e. The minimum absolute atomic E-state index is 0.0768. The van der Waals surface area contributed by atoms with Crippen molar-refractivity contribution in [3.63, 3.8) is 0 Å². The van der Waals surface area contributed by atoms with Crippen LogP contribution in [0.2, 0.25) is 0 Å². The molecule has 1 unspecified atom stereocenters. The summed E-state index contributed by atoms with van der Waals surface area (Å²) in [5, 5.41) is 0. The molecule has 2 aliphatic heterocycles. The highest BCUT2D eigenvalue weighted by Gasteiger charge is 2.49. The minimum Gasteiger partial charge on any atom is -0.368 e. The quantitative estimate of drug-likeness (QED) is 0.433. The molecule has 0 aliphatic carbocycles. The molecule has 0 spiro atoms. The van der Waals surface area contributed by atoms with Crippen molar-refractivity contribution in [3.8, 4) is 0 Å². The molecule has 0 radical (unpaired) electrons. The third kappa shape index (κ3) is 5.17. The summed E-state index contributed by atoms with van der Waals surface area (Å²) in [5.41, 5.74) is -2.41. The fourth-order valence-corrected chi connectivity index (χ4v) is 5.10. The van der Waals surface area contributed by atoms with Crippen LogP contribution in [-0.2, 0) is 21.9 Å². The first-order valence-electron chi connectivity index (χ1n) is 11.3. The Bertz CT molecular complexity index is 1050. The van der Waals surface area contributed by atoms with E-state index in [9.17, 15) is 35.5 Å². The number of halogens is 7. The van der Waals surface area contributed by atoms with Gasteiger partial charge in [-0.1, -0.05) is 19.1 Å². The summed E-state index contributed by atoms with van der Waals surface area (Å²) in [7, 11) is 0. The monoisotopic (exact) mass is 503 g/mol. The standard InChI is InChI=1S/C25H24F7NO2/c1-13-3-8-20-22(15-4-6-19(26)7-5-15)21(12-33(20)23(13)34)35-14(2)16-9-17(24(27,28)29)11-18(10-16)25(30,31)32/h4-7,9-11,13-14,20-22H,3,8,12H2,1-2H3/t13?,14-,20+,21+,22+/m1/s1. The molecule has 0 saturated carbocycles. The van der Waals surface area contributed by atoms with Gasteiger partial charge in [-0.2, -0.15) is 26.3 Å². The topological polar surface area (TPSA) is 29.5 Å². The summed E-state index contributed by atoms with van der Waals surface area (Å²) in [6.45, 7) is 3.34. The SMILES string of the molecule is CC1CC[C@H]2[C@H](c3ccc(F)cc3)[C@@H](O[C@H](C)c3cc(C(F)(F)F)cc(C(F)(F)F)c3)CN2C1=O. The van der Waals surface area contributed by atoms with Gasteiger partial charge in [0.1, 0.15) is 5.82 Å². The van der Waals surface area contributed by atoms with Crippen LogP contribution in [0.3, 0.4) is 0 Å². The van der Waals surface area contributed by atoms with Crippen LogP contribution in [0, 0.1) is 11.7 Å². The highest BCUT2D eigenvalue weighted by Crippen LogP contribution is 2.44. The van der Waals surface area contributed by atoms with Crippen molar-refractivity contribution in [3.05, 3.63) is 70.5 Å². The van der Waals surface area contributed by atoms with Gasteiger partial charge < -0.3 is 9.64 Å². The van der Waals surface area contributed by atoms with E-state index in [0.29, 0.717) is 30.5 Å². The van der Waals surface area contributed by atoms with Crippen molar-refractivity contribution in [1.82, 2.24) is 4.90 Å². The van der Waals surface area contributed by atoms with E-state index in [1.165, 1.54) is 19.1 Å². The molecule has 4 rings (SSSR count). The minimum atomic E-state index is -4.97.